The first kappa shape index (κ1) is 17.0. The van der Waals surface area contributed by atoms with Gasteiger partial charge in [0, 0.05) is 12.0 Å². The average molecular weight is 313 g/mol. The minimum Gasteiger partial charge on any atom is -0.491 e. The Labute approximate surface area is 137 Å². The fourth-order valence-corrected chi connectivity index (χ4v) is 2.41. The van der Waals surface area contributed by atoms with E-state index < -0.39 is 6.10 Å². The molecule has 1 unspecified atom stereocenters. The standard InChI is InChI=1S/C19H23NO3/c1-14-9-10-16(19(11-14)15(2)20-22-3)12-17(21)13-23-18-7-5-4-6-8-18/h4-11,17,21H,12-13H2,1-3H3/b20-15+. The number of nitrogens with zero attached hydrogens (tertiary/aromatic N) is 1. The number of oxime groups is 1. The summed E-state index contributed by atoms with van der Waals surface area (Å²) < 4.78 is 5.61. The van der Waals surface area contributed by atoms with Crippen LogP contribution in [0.15, 0.2) is 53.7 Å². The number of hydrogen-bond donors (Lipinski definition) is 1. The maximum absolute atomic E-state index is 10.3. The Morgan fingerprint density at radius 3 is 2.61 bits per heavy atom. The van der Waals surface area contributed by atoms with Crippen molar-refractivity contribution in [1.29, 1.82) is 0 Å². The fourth-order valence-electron chi connectivity index (χ4n) is 2.41. The fraction of sp³-hybridized carbons (Fsp3) is 0.316. The van der Waals surface area contributed by atoms with Crippen molar-refractivity contribution in [3.63, 3.8) is 0 Å². The third-order valence-corrected chi connectivity index (χ3v) is 3.52. The second kappa shape index (κ2) is 8.34. The van der Waals surface area contributed by atoms with Crippen LogP contribution in [-0.2, 0) is 11.3 Å². The lowest BCUT2D eigenvalue weighted by atomic mass is 9.97. The molecule has 1 atom stereocenters. The lowest BCUT2D eigenvalue weighted by Crippen LogP contribution is -2.21. The van der Waals surface area contributed by atoms with Gasteiger partial charge in [0.2, 0.25) is 0 Å². The minimum absolute atomic E-state index is 0.248. The number of hydrogen-bond acceptors (Lipinski definition) is 4. The van der Waals surface area contributed by atoms with Gasteiger partial charge in [0.05, 0.1) is 11.8 Å². The van der Waals surface area contributed by atoms with Crippen LogP contribution in [0, 0.1) is 6.92 Å². The molecule has 0 radical (unpaired) electrons. The van der Waals surface area contributed by atoms with Crippen molar-refractivity contribution in [1.82, 2.24) is 0 Å². The Morgan fingerprint density at radius 1 is 1.17 bits per heavy atom. The highest BCUT2D eigenvalue weighted by molar-refractivity contribution is 5.99. The topological polar surface area (TPSA) is 51.0 Å². The van der Waals surface area contributed by atoms with Crippen molar-refractivity contribution in [3.05, 3.63) is 65.2 Å². The van der Waals surface area contributed by atoms with Gasteiger partial charge in [-0.3, -0.25) is 0 Å². The molecule has 4 heteroatoms. The summed E-state index contributed by atoms with van der Waals surface area (Å²) in [4.78, 5) is 4.86. The number of rotatable bonds is 7. The molecule has 0 saturated carbocycles. The van der Waals surface area contributed by atoms with E-state index in [9.17, 15) is 5.11 Å². The van der Waals surface area contributed by atoms with Gasteiger partial charge < -0.3 is 14.7 Å². The van der Waals surface area contributed by atoms with Crippen molar-refractivity contribution in [3.8, 4) is 5.75 Å². The smallest absolute Gasteiger partial charge is 0.119 e. The Morgan fingerprint density at radius 2 is 1.91 bits per heavy atom. The molecule has 0 spiro atoms. The highest BCUT2D eigenvalue weighted by atomic mass is 16.6. The van der Waals surface area contributed by atoms with Crippen LogP contribution in [0.4, 0.5) is 0 Å². The molecule has 0 bridgehead atoms. The third-order valence-electron chi connectivity index (χ3n) is 3.52. The maximum atomic E-state index is 10.3. The summed E-state index contributed by atoms with van der Waals surface area (Å²) in [5, 5.41) is 14.3. The predicted octanol–water partition coefficient (Wildman–Crippen LogP) is 3.35. The van der Waals surface area contributed by atoms with Crippen LogP contribution in [0.3, 0.4) is 0 Å². The van der Waals surface area contributed by atoms with E-state index in [2.05, 4.69) is 11.2 Å². The van der Waals surface area contributed by atoms with Gasteiger partial charge in [-0.05, 0) is 37.6 Å². The molecule has 2 aromatic carbocycles. The Hall–Kier alpha value is -2.33. The summed E-state index contributed by atoms with van der Waals surface area (Å²) in [5.74, 6) is 0.757. The van der Waals surface area contributed by atoms with Crippen LogP contribution in [-0.4, -0.2) is 30.6 Å². The summed E-state index contributed by atoms with van der Waals surface area (Å²) in [5.41, 5.74) is 3.95. The Kier molecular flexibility index (Phi) is 6.18. The van der Waals surface area contributed by atoms with Gasteiger partial charge >= 0.3 is 0 Å². The highest BCUT2D eigenvalue weighted by Gasteiger charge is 2.12. The Bertz CT molecular complexity index is 653. The van der Waals surface area contributed by atoms with Gasteiger partial charge in [0.1, 0.15) is 19.5 Å². The monoisotopic (exact) mass is 313 g/mol. The van der Waals surface area contributed by atoms with Gasteiger partial charge in [0.25, 0.3) is 0 Å². The van der Waals surface area contributed by atoms with E-state index in [1.807, 2.05) is 56.3 Å². The number of aliphatic hydroxyl groups excluding tert-OH is 1. The van der Waals surface area contributed by atoms with E-state index in [1.54, 1.807) is 0 Å². The lowest BCUT2D eigenvalue weighted by molar-refractivity contribution is 0.107. The predicted molar refractivity (Wildman–Crippen MR) is 92.0 cm³/mol. The van der Waals surface area contributed by atoms with Gasteiger partial charge in [-0.25, -0.2) is 0 Å². The van der Waals surface area contributed by atoms with Crippen molar-refractivity contribution in [2.75, 3.05) is 13.7 Å². The summed E-state index contributed by atoms with van der Waals surface area (Å²) in [7, 11) is 1.53. The number of aryl methyl sites for hydroxylation is 1. The van der Waals surface area contributed by atoms with Crippen molar-refractivity contribution in [2.24, 2.45) is 5.16 Å². The number of ether oxygens (including phenoxy) is 1. The minimum atomic E-state index is -0.591. The van der Waals surface area contributed by atoms with E-state index in [0.717, 1.165) is 28.2 Å². The third kappa shape index (κ3) is 5.11. The van der Waals surface area contributed by atoms with Gasteiger partial charge in [0.15, 0.2) is 0 Å². The molecule has 122 valence electrons. The molecule has 2 aromatic rings. The van der Waals surface area contributed by atoms with Gasteiger partial charge in [-0.2, -0.15) is 0 Å². The first-order valence-corrected chi connectivity index (χ1v) is 7.63. The summed E-state index contributed by atoms with van der Waals surface area (Å²) in [6.45, 7) is 4.18. The summed E-state index contributed by atoms with van der Waals surface area (Å²) >= 11 is 0. The van der Waals surface area contributed by atoms with Crippen molar-refractivity contribution in [2.45, 2.75) is 26.4 Å². The van der Waals surface area contributed by atoms with Crippen LogP contribution < -0.4 is 4.74 Å². The zero-order chi connectivity index (χ0) is 16.7. The highest BCUT2D eigenvalue weighted by Crippen LogP contribution is 2.16. The van der Waals surface area contributed by atoms with Crippen LogP contribution in [0.5, 0.6) is 5.75 Å². The molecule has 4 nitrogen and oxygen atoms in total. The SMILES string of the molecule is CO/N=C(\C)c1cc(C)ccc1CC(O)COc1ccccc1. The van der Waals surface area contributed by atoms with Crippen molar-refractivity contribution < 1.29 is 14.7 Å². The molecule has 1 N–H and O–H groups in total. The molecule has 0 aliphatic carbocycles. The van der Waals surface area contributed by atoms with Gasteiger partial charge in [-0.1, -0.05) is 41.1 Å². The molecule has 0 fully saturated rings. The molecule has 2 rings (SSSR count). The first-order valence-electron chi connectivity index (χ1n) is 7.63. The maximum Gasteiger partial charge on any atom is 0.119 e. The van der Waals surface area contributed by atoms with E-state index in [0.29, 0.717) is 6.42 Å². The number of aliphatic hydroxyl groups is 1. The van der Waals surface area contributed by atoms with E-state index in [1.165, 1.54) is 7.11 Å². The molecule has 0 aliphatic rings. The van der Waals surface area contributed by atoms with Crippen LogP contribution >= 0.6 is 0 Å². The van der Waals surface area contributed by atoms with E-state index in [-0.39, 0.29) is 6.61 Å². The molecule has 23 heavy (non-hydrogen) atoms. The average Bonchev–Trinajstić information content (AvgIpc) is 2.56. The molecular formula is C19H23NO3. The van der Waals surface area contributed by atoms with Crippen LogP contribution in [0.2, 0.25) is 0 Å². The quantitative estimate of drug-likeness (QED) is 0.630. The van der Waals surface area contributed by atoms with Crippen LogP contribution in [0.1, 0.15) is 23.6 Å². The zero-order valence-corrected chi connectivity index (χ0v) is 13.8. The van der Waals surface area contributed by atoms with Crippen molar-refractivity contribution >= 4 is 5.71 Å². The lowest BCUT2D eigenvalue weighted by Gasteiger charge is -2.15. The second-order valence-electron chi connectivity index (χ2n) is 5.50. The second-order valence-corrected chi connectivity index (χ2v) is 5.50. The van der Waals surface area contributed by atoms with Gasteiger partial charge in [-0.15, -0.1) is 0 Å². The Balaban J connectivity index is 2.05. The largest absolute Gasteiger partial charge is 0.491 e. The molecule has 0 amide bonds. The molecule has 0 saturated heterocycles. The molecular weight excluding hydrogens is 290 g/mol. The molecule has 0 aliphatic heterocycles. The zero-order valence-electron chi connectivity index (χ0n) is 13.8. The number of benzene rings is 2. The molecule has 0 heterocycles. The first-order chi connectivity index (χ1) is 11.1. The normalized spacial score (nSPS) is 12.8. The van der Waals surface area contributed by atoms with Crippen LogP contribution in [0.25, 0.3) is 0 Å². The number of para-hydroxylation sites is 1. The summed E-state index contributed by atoms with van der Waals surface area (Å²) in [6, 6.07) is 15.6. The van der Waals surface area contributed by atoms with E-state index in [4.69, 9.17) is 9.57 Å². The molecule has 0 aromatic heterocycles. The summed E-state index contributed by atoms with van der Waals surface area (Å²) in [6.07, 6.45) is -0.0917. The van der Waals surface area contributed by atoms with E-state index >= 15 is 0 Å².